The molecule has 1 aromatic heterocycles. The number of hydrogen-bond acceptors (Lipinski definition) is 3. The van der Waals surface area contributed by atoms with E-state index in [-0.39, 0.29) is 16.3 Å². The van der Waals surface area contributed by atoms with Gasteiger partial charge in [-0.05, 0) is 42.8 Å². The number of halogens is 6. The van der Waals surface area contributed by atoms with Crippen molar-refractivity contribution in [2.75, 3.05) is 0 Å². The highest BCUT2D eigenvalue weighted by molar-refractivity contribution is 6.30. The van der Waals surface area contributed by atoms with E-state index in [9.17, 15) is 26.7 Å². The van der Waals surface area contributed by atoms with Crippen LogP contribution in [-0.2, 0) is 10.7 Å². The summed E-state index contributed by atoms with van der Waals surface area (Å²) in [6.45, 7) is 4.08. The van der Waals surface area contributed by atoms with Gasteiger partial charge in [-0.2, -0.15) is 8.78 Å². The number of aromatic nitrogens is 1. The molecular weight excluding hydrogens is 505 g/mol. The Morgan fingerprint density at radius 1 is 1.08 bits per heavy atom. The van der Waals surface area contributed by atoms with Crippen molar-refractivity contribution in [1.29, 1.82) is 0 Å². The van der Waals surface area contributed by atoms with Crippen molar-refractivity contribution < 1.29 is 31.5 Å². The Labute approximate surface area is 210 Å². The van der Waals surface area contributed by atoms with E-state index in [0.29, 0.717) is 12.1 Å². The Hall–Kier alpha value is -3.97. The Balaban J connectivity index is 0.000000932. The van der Waals surface area contributed by atoms with Crippen LogP contribution < -0.4 is 11.1 Å². The maximum absolute atomic E-state index is 13.7. The Morgan fingerprint density at radius 2 is 1.67 bits per heavy atom. The zero-order chi connectivity index (χ0) is 27.9. The van der Waals surface area contributed by atoms with E-state index in [4.69, 9.17) is 22.1 Å². The number of carbonyl (C=O) groups is 2. The average Bonchev–Trinajstić information content (AvgIpc) is 2.86. The van der Waals surface area contributed by atoms with Crippen LogP contribution >= 0.6 is 11.6 Å². The summed E-state index contributed by atoms with van der Waals surface area (Å²) >= 11 is 5.70. The minimum atomic E-state index is -4.57. The summed E-state index contributed by atoms with van der Waals surface area (Å²) in [7, 11) is 0. The zero-order valence-corrected chi connectivity index (χ0v) is 19.7. The van der Waals surface area contributed by atoms with Gasteiger partial charge in [0.1, 0.15) is 12.6 Å². The Bertz CT molecular complexity index is 1100. The van der Waals surface area contributed by atoms with Crippen molar-refractivity contribution >= 4 is 24.4 Å². The third-order valence-electron chi connectivity index (χ3n) is 4.19. The second-order valence-electron chi connectivity index (χ2n) is 6.69. The lowest BCUT2D eigenvalue weighted by molar-refractivity contribution is -0.135. The third-order valence-corrected chi connectivity index (χ3v) is 4.41. The van der Waals surface area contributed by atoms with E-state index in [1.54, 1.807) is 0 Å². The Kier molecular flexibility index (Phi) is 14.1. The number of amides is 2. The molecule has 5 nitrogen and oxygen atoms in total. The summed E-state index contributed by atoms with van der Waals surface area (Å²) in [4.78, 5) is 23.1. The zero-order valence-electron chi connectivity index (χ0n) is 19.0. The van der Waals surface area contributed by atoms with E-state index in [1.165, 1.54) is 23.9 Å². The molecule has 0 aliphatic rings. The molecule has 0 saturated heterocycles. The molecule has 0 aliphatic heterocycles. The summed E-state index contributed by atoms with van der Waals surface area (Å²) in [5, 5.41) is 2.46. The van der Waals surface area contributed by atoms with Gasteiger partial charge >= 0.3 is 18.4 Å². The van der Waals surface area contributed by atoms with E-state index >= 15 is 0 Å². The SMILES string of the molecule is C#C.C=O.Cc1ccccc1.NC(=O)N[C@@H](c1cc(F)cc(C(F)(F)C(F)F)c1)c1ccc(Cl)cn1. The topological polar surface area (TPSA) is 85.1 Å². The molecule has 0 unspecified atom stereocenters. The summed E-state index contributed by atoms with van der Waals surface area (Å²) in [5.41, 5.74) is 5.00. The van der Waals surface area contributed by atoms with Crippen molar-refractivity contribution in [2.45, 2.75) is 25.3 Å². The number of pyridine rings is 1. The molecule has 11 heteroatoms. The molecule has 36 heavy (non-hydrogen) atoms. The van der Waals surface area contributed by atoms with Crippen LogP contribution in [0.3, 0.4) is 0 Å². The lowest BCUT2D eigenvalue weighted by Gasteiger charge is -2.21. The van der Waals surface area contributed by atoms with Crippen LogP contribution in [0.25, 0.3) is 0 Å². The van der Waals surface area contributed by atoms with E-state index in [2.05, 4.69) is 42.2 Å². The molecule has 1 atom stereocenters. The number of nitrogens with zero attached hydrogens (tertiary/aromatic N) is 1. The molecule has 3 aromatic rings. The highest BCUT2D eigenvalue weighted by Crippen LogP contribution is 2.36. The monoisotopic (exact) mass is 527 g/mol. The fourth-order valence-corrected chi connectivity index (χ4v) is 2.77. The number of alkyl halides is 4. The van der Waals surface area contributed by atoms with Gasteiger partial charge in [-0.25, -0.2) is 18.0 Å². The summed E-state index contributed by atoms with van der Waals surface area (Å²) in [6, 6.07) is 12.5. The van der Waals surface area contributed by atoms with Gasteiger partial charge in [0.15, 0.2) is 0 Å². The fraction of sp³-hybridized carbons (Fsp3) is 0.160. The van der Waals surface area contributed by atoms with E-state index in [0.717, 1.165) is 6.07 Å². The van der Waals surface area contributed by atoms with Crippen LogP contribution in [-0.4, -0.2) is 24.2 Å². The first-order chi connectivity index (χ1) is 17.0. The van der Waals surface area contributed by atoms with Crippen molar-refractivity contribution in [3.05, 3.63) is 100 Å². The van der Waals surface area contributed by atoms with Gasteiger partial charge in [0.2, 0.25) is 0 Å². The third kappa shape index (κ3) is 10.1. The van der Waals surface area contributed by atoms with Crippen LogP contribution in [0.2, 0.25) is 5.02 Å². The smallest absolute Gasteiger partial charge is 0.332 e. The first-order valence-electron chi connectivity index (χ1n) is 9.79. The number of terminal acetylenes is 1. The summed E-state index contributed by atoms with van der Waals surface area (Å²) in [6.07, 6.45) is 5.18. The largest absolute Gasteiger partial charge is 0.352 e. The second kappa shape index (κ2) is 15.8. The average molecular weight is 528 g/mol. The predicted molar refractivity (Wildman–Crippen MR) is 128 cm³/mol. The van der Waals surface area contributed by atoms with Crippen molar-refractivity contribution in [3.63, 3.8) is 0 Å². The highest BCUT2D eigenvalue weighted by Gasteiger charge is 2.43. The number of aryl methyl sites for hydroxylation is 1. The minimum absolute atomic E-state index is 0.0973. The minimum Gasteiger partial charge on any atom is -0.352 e. The van der Waals surface area contributed by atoms with Crippen LogP contribution in [0.15, 0.2) is 66.9 Å². The second-order valence-corrected chi connectivity index (χ2v) is 7.13. The van der Waals surface area contributed by atoms with Gasteiger partial charge in [-0.1, -0.05) is 47.5 Å². The summed E-state index contributed by atoms with van der Waals surface area (Å²) < 4.78 is 66.0. The van der Waals surface area contributed by atoms with Crippen LogP contribution in [0.5, 0.6) is 0 Å². The lowest BCUT2D eigenvalue weighted by atomic mass is 9.98. The molecule has 1 heterocycles. The first-order valence-corrected chi connectivity index (χ1v) is 10.2. The van der Waals surface area contributed by atoms with Crippen LogP contribution in [0.4, 0.5) is 26.7 Å². The predicted octanol–water partition coefficient (Wildman–Crippen LogP) is 6.05. The maximum atomic E-state index is 13.7. The Morgan fingerprint density at radius 3 is 2.08 bits per heavy atom. The highest BCUT2D eigenvalue weighted by atomic mass is 35.5. The van der Waals surface area contributed by atoms with E-state index < -0.39 is 35.8 Å². The van der Waals surface area contributed by atoms with Gasteiger partial charge < -0.3 is 15.8 Å². The number of hydrogen-bond donors (Lipinski definition) is 2. The maximum Gasteiger partial charge on any atom is 0.332 e. The standard InChI is InChI=1S/C15H11ClF5N3O.C7H8.C2H2.CH2O/c16-9-1-2-11(23-6-9)12(24-14(22)25)7-3-8(5-10(17)4-7)15(20,21)13(18)19;1-7-5-3-2-4-6-7;2*1-2/h1-6,12-13H,(H3,22,24,25);2-6H,1H3;1-2H;1H2/t12-;;;/m0.../s1. The molecule has 0 bridgehead atoms. The lowest BCUT2D eigenvalue weighted by Crippen LogP contribution is -2.34. The van der Waals surface area contributed by atoms with Gasteiger partial charge in [0, 0.05) is 11.8 Å². The number of primary amides is 1. The van der Waals surface area contributed by atoms with Gasteiger partial charge in [0.05, 0.1) is 16.8 Å². The first kappa shape index (κ1) is 32.0. The molecule has 192 valence electrons. The van der Waals surface area contributed by atoms with Crippen LogP contribution in [0, 0.1) is 25.6 Å². The number of rotatable bonds is 5. The molecule has 0 fully saturated rings. The van der Waals surface area contributed by atoms with E-state index in [1.807, 2.05) is 25.0 Å². The number of carbonyl (C=O) groups excluding carboxylic acids is 2. The number of nitrogens with two attached hydrogens (primary N) is 1. The molecule has 2 amide bonds. The van der Waals surface area contributed by atoms with Gasteiger partial charge in [-0.3, -0.25) is 4.98 Å². The van der Waals surface area contributed by atoms with Crippen molar-refractivity contribution in [1.82, 2.24) is 10.3 Å². The van der Waals surface area contributed by atoms with Gasteiger partial charge in [0.25, 0.3) is 0 Å². The number of urea groups is 1. The van der Waals surface area contributed by atoms with Gasteiger partial charge in [-0.15, -0.1) is 12.8 Å². The van der Waals surface area contributed by atoms with Crippen molar-refractivity contribution in [3.8, 4) is 12.8 Å². The number of nitrogens with one attached hydrogen (secondary N) is 1. The molecule has 3 N–H and O–H groups in total. The molecule has 0 spiro atoms. The number of benzene rings is 2. The fourth-order valence-electron chi connectivity index (χ4n) is 2.66. The molecule has 0 radical (unpaired) electrons. The molecule has 0 aliphatic carbocycles. The molecule has 0 saturated carbocycles. The quantitative estimate of drug-likeness (QED) is 0.313. The molecule has 2 aromatic carbocycles. The molecule has 3 rings (SSSR count). The van der Waals surface area contributed by atoms with Crippen LogP contribution in [0.1, 0.15) is 28.4 Å². The summed E-state index contributed by atoms with van der Waals surface area (Å²) in [5.74, 6) is -5.75. The normalized spacial score (nSPS) is 10.8. The molecular formula is C25H23ClF5N3O2. The van der Waals surface area contributed by atoms with Crippen molar-refractivity contribution in [2.24, 2.45) is 5.73 Å².